The number of nitrogens with one attached hydrogen (secondary N) is 2. The minimum atomic E-state index is -0.851. The summed E-state index contributed by atoms with van der Waals surface area (Å²) in [6.07, 6.45) is 2.25. The second-order valence-corrected chi connectivity index (χ2v) is 23.3. The summed E-state index contributed by atoms with van der Waals surface area (Å²) in [7, 11) is 0. The Morgan fingerprint density at radius 3 is 2.32 bits per heavy atom. The molecule has 1 unspecified atom stereocenters. The fourth-order valence-corrected chi connectivity index (χ4v) is 12.7. The number of rotatable bonds is 27. The lowest BCUT2D eigenvalue weighted by Gasteiger charge is -2.37. The van der Waals surface area contributed by atoms with E-state index in [0.29, 0.717) is 88.1 Å². The van der Waals surface area contributed by atoms with Crippen molar-refractivity contribution in [2.75, 3.05) is 70.8 Å². The van der Waals surface area contributed by atoms with Crippen LogP contribution in [-0.2, 0) is 43.3 Å². The number of hydrogen-bond donors (Lipinski definition) is 3. The smallest absolute Gasteiger partial charge is 0.255 e. The molecule has 2 saturated heterocycles. The Morgan fingerprint density at radius 1 is 0.869 bits per heavy atom. The number of carbonyl (C=O) groups excluding carboxylic acids is 4. The molecule has 446 valence electrons. The van der Waals surface area contributed by atoms with Crippen molar-refractivity contribution in [1.82, 2.24) is 25.1 Å². The molecule has 2 aromatic heterocycles. The molecule has 17 nitrogen and oxygen atoms in total. The van der Waals surface area contributed by atoms with Gasteiger partial charge in [-0.1, -0.05) is 56.3 Å². The van der Waals surface area contributed by atoms with Crippen LogP contribution in [0.3, 0.4) is 0 Å². The molecule has 2 fully saturated rings. The first kappa shape index (κ1) is 61.3. The van der Waals surface area contributed by atoms with Gasteiger partial charge in [-0.05, 0) is 141 Å². The number of benzene rings is 4. The van der Waals surface area contributed by atoms with Gasteiger partial charge in [-0.15, -0.1) is 11.3 Å². The third kappa shape index (κ3) is 14.6. The van der Waals surface area contributed by atoms with Gasteiger partial charge in [0.2, 0.25) is 5.91 Å². The summed E-state index contributed by atoms with van der Waals surface area (Å²) in [6, 6.07) is 25.9. The SMILES string of the molecule is CCN(c1cc(-c2ccc(OCCCOCCOCCOc3cc(-c4scnc4C)ccc3CCC(=O)C3C[C@@H](O)CN3C(=O)[C@H](C(C)C)N3Cc4ccccc4C3=O)cc2)cc(C(=O)NCc2c(C)cc(C)[nH]c2=O)c1C)C1CCOCC1. The fourth-order valence-electron chi connectivity index (χ4n) is 11.9. The van der Waals surface area contributed by atoms with Gasteiger partial charge in [0.25, 0.3) is 17.4 Å². The minimum Gasteiger partial charge on any atom is -0.494 e. The lowest BCUT2D eigenvalue weighted by atomic mass is 9.95. The highest BCUT2D eigenvalue weighted by atomic mass is 32.1. The highest BCUT2D eigenvalue weighted by Gasteiger charge is 2.45. The van der Waals surface area contributed by atoms with Crippen LogP contribution in [-0.4, -0.2) is 139 Å². The van der Waals surface area contributed by atoms with Gasteiger partial charge in [0, 0.05) is 99.4 Å². The first-order valence-electron chi connectivity index (χ1n) is 29.5. The Morgan fingerprint density at radius 2 is 1.61 bits per heavy atom. The minimum absolute atomic E-state index is 0.0313. The zero-order valence-electron chi connectivity index (χ0n) is 49.5. The molecule has 18 heteroatoms. The van der Waals surface area contributed by atoms with E-state index in [2.05, 4.69) is 33.2 Å². The Hall–Kier alpha value is -7.22. The number of nitrogens with zero attached hydrogens (tertiary/aromatic N) is 4. The lowest BCUT2D eigenvalue weighted by Crippen LogP contribution is -2.54. The highest BCUT2D eigenvalue weighted by Crippen LogP contribution is 2.37. The van der Waals surface area contributed by atoms with Crippen LogP contribution in [0, 0.1) is 33.6 Å². The number of aliphatic hydroxyl groups is 1. The number of aliphatic hydroxyl groups excluding tert-OH is 1. The van der Waals surface area contributed by atoms with Crippen LogP contribution in [0.15, 0.2) is 95.2 Å². The molecule has 0 saturated carbocycles. The van der Waals surface area contributed by atoms with Crippen molar-refractivity contribution in [3.8, 4) is 33.1 Å². The average molecular weight is 1170 g/mol. The molecule has 0 aliphatic carbocycles. The molecule has 3 aliphatic rings. The second kappa shape index (κ2) is 28.6. The Kier molecular flexibility index (Phi) is 20.9. The maximum atomic E-state index is 14.3. The van der Waals surface area contributed by atoms with Gasteiger partial charge in [-0.25, -0.2) is 4.98 Å². The fraction of sp³-hybridized carbons (Fsp3) is 0.455. The normalized spacial score (nSPS) is 16.5. The number of aromatic nitrogens is 2. The van der Waals surface area contributed by atoms with E-state index in [9.17, 15) is 29.1 Å². The number of amides is 3. The number of ether oxygens (including phenoxy) is 5. The number of Topliss-reactive ketones (excluding diaryl/α,β-unsaturated/α-hetero) is 1. The summed E-state index contributed by atoms with van der Waals surface area (Å²) < 4.78 is 29.9. The number of thiazole rings is 1. The predicted molar refractivity (Wildman–Crippen MR) is 325 cm³/mol. The summed E-state index contributed by atoms with van der Waals surface area (Å²) in [5, 5.41) is 13.9. The molecule has 9 rings (SSSR count). The highest BCUT2D eigenvalue weighted by molar-refractivity contribution is 7.13. The molecule has 0 spiro atoms. The van der Waals surface area contributed by atoms with Crippen molar-refractivity contribution in [2.45, 2.75) is 124 Å². The van der Waals surface area contributed by atoms with Crippen molar-refractivity contribution in [3.63, 3.8) is 0 Å². The van der Waals surface area contributed by atoms with Crippen molar-refractivity contribution < 1.29 is 48.0 Å². The van der Waals surface area contributed by atoms with Crippen LogP contribution >= 0.6 is 11.3 Å². The molecule has 5 heterocycles. The second-order valence-electron chi connectivity index (χ2n) is 22.5. The average Bonchev–Trinajstić information content (AvgIpc) is 4.02. The molecular formula is C66H80N6O11S. The first-order chi connectivity index (χ1) is 40.6. The molecule has 6 aromatic rings. The van der Waals surface area contributed by atoms with Crippen LogP contribution < -0.4 is 25.2 Å². The molecule has 3 aliphatic heterocycles. The van der Waals surface area contributed by atoms with Crippen LogP contribution in [0.5, 0.6) is 11.5 Å². The number of pyridine rings is 1. The van der Waals surface area contributed by atoms with Crippen molar-refractivity contribution >= 4 is 40.5 Å². The number of aryl methyl sites for hydroxylation is 4. The summed E-state index contributed by atoms with van der Waals surface area (Å²) >= 11 is 1.54. The van der Waals surface area contributed by atoms with Crippen LogP contribution in [0.2, 0.25) is 0 Å². The molecular weight excluding hydrogens is 1080 g/mol. The molecule has 3 amide bonds. The topological polar surface area (TPSA) is 202 Å². The quantitative estimate of drug-likeness (QED) is 0.0412. The van der Waals surface area contributed by atoms with Crippen LogP contribution in [0.1, 0.15) is 113 Å². The van der Waals surface area contributed by atoms with Gasteiger partial charge < -0.3 is 53.8 Å². The number of ketones is 1. The molecule has 84 heavy (non-hydrogen) atoms. The summed E-state index contributed by atoms with van der Waals surface area (Å²) in [5.74, 6) is 0.212. The van der Waals surface area contributed by atoms with Gasteiger partial charge in [-0.2, -0.15) is 0 Å². The standard InChI is InChI=1S/C66H80N6O11S/c1-8-70(51-22-26-80-27-23-51)57-34-50(33-55(44(57)6)63(75)67-37-56-42(4)32-43(5)69-64(56)76)46-16-19-53(20-17-46)82-25-11-24-79-28-29-81-30-31-83-60-35-48(62-45(7)68-40-84-62)15-14-47(60)18-21-59(74)58-36-52(73)39-71(58)66(78)61(41(2)3)72-38-49-12-9-10-13-54(49)65(72)77/h9-10,12-17,19-20,32-35,40-41,51-52,58,61,73H,8,11,18,21-31,36-39H2,1-7H3,(H,67,75)(H,69,76)/t52-,58?,61+/m1/s1. The van der Waals surface area contributed by atoms with Crippen LogP contribution in [0.25, 0.3) is 21.6 Å². The molecule has 3 atom stereocenters. The van der Waals surface area contributed by atoms with E-state index < -0.39 is 18.2 Å². The van der Waals surface area contributed by atoms with Gasteiger partial charge in [0.1, 0.15) is 24.1 Å². The third-order valence-electron chi connectivity index (χ3n) is 16.3. The van der Waals surface area contributed by atoms with Gasteiger partial charge >= 0.3 is 0 Å². The summed E-state index contributed by atoms with van der Waals surface area (Å²) in [6.45, 7) is 18.5. The van der Waals surface area contributed by atoms with Crippen molar-refractivity contribution in [1.29, 1.82) is 0 Å². The van der Waals surface area contributed by atoms with E-state index >= 15 is 0 Å². The van der Waals surface area contributed by atoms with E-state index in [-0.39, 0.29) is 73.6 Å². The zero-order chi connectivity index (χ0) is 59.4. The van der Waals surface area contributed by atoms with E-state index in [1.165, 1.54) is 4.90 Å². The number of anilines is 1. The monoisotopic (exact) mass is 1160 g/mol. The van der Waals surface area contributed by atoms with Crippen molar-refractivity contribution in [2.24, 2.45) is 5.92 Å². The maximum absolute atomic E-state index is 14.3. The molecule has 0 radical (unpaired) electrons. The van der Waals surface area contributed by atoms with Gasteiger partial charge in [-0.3, -0.25) is 24.0 Å². The van der Waals surface area contributed by atoms with E-state index in [1.54, 1.807) is 22.3 Å². The number of β-amino-alcohol motifs (C(OH)–C–C–N with tert-alkyl or cyclic N) is 1. The van der Waals surface area contributed by atoms with Gasteiger partial charge in [0.15, 0.2) is 5.78 Å². The van der Waals surface area contributed by atoms with Crippen LogP contribution in [0.4, 0.5) is 5.69 Å². The predicted octanol–water partition coefficient (Wildman–Crippen LogP) is 9.36. The maximum Gasteiger partial charge on any atom is 0.255 e. The number of likely N-dealkylation sites (tertiary alicyclic amines) is 1. The largest absolute Gasteiger partial charge is 0.494 e. The van der Waals surface area contributed by atoms with E-state index in [1.807, 2.05) is 120 Å². The molecule has 0 bridgehead atoms. The zero-order valence-corrected chi connectivity index (χ0v) is 50.3. The third-order valence-corrected chi connectivity index (χ3v) is 17.3. The Balaban J connectivity index is 0.738. The summed E-state index contributed by atoms with van der Waals surface area (Å²) in [4.78, 5) is 82.5. The Labute approximate surface area is 496 Å². The number of H-pyrrole nitrogens is 1. The first-order valence-corrected chi connectivity index (χ1v) is 30.4. The Bertz CT molecular complexity index is 3340. The number of carbonyl (C=O) groups is 4. The van der Waals surface area contributed by atoms with E-state index in [4.69, 9.17) is 23.7 Å². The van der Waals surface area contributed by atoms with Gasteiger partial charge in [0.05, 0.1) is 54.7 Å². The van der Waals surface area contributed by atoms with E-state index in [0.717, 1.165) is 86.0 Å². The lowest BCUT2D eigenvalue weighted by molar-refractivity contribution is -0.142. The number of aromatic amines is 1. The number of hydrogen-bond acceptors (Lipinski definition) is 14. The molecule has 3 N–H and O–H groups in total. The molecule has 4 aromatic carbocycles. The number of fused-ring (bicyclic) bond motifs is 1. The summed E-state index contributed by atoms with van der Waals surface area (Å²) in [5.41, 5.74) is 12.2. The van der Waals surface area contributed by atoms with Crippen molar-refractivity contribution in [3.05, 3.63) is 151 Å².